The first-order valence-corrected chi connectivity index (χ1v) is 6.77. The van der Waals surface area contributed by atoms with E-state index in [0.717, 1.165) is 13.0 Å². The Labute approximate surface area is 115 Å². The number of benzene rings is 1. The van der Waals surface area contributed by atoms with Crippen LogP contribution in [0.3, 0.4) is 0 Å². The summed E-state index contributed by atoms with van der Waals surface area (Å²) in [6.07, 6.45) is 7.87. The number of aromatic nitrogens is 2. The zero-order valence-corrected chi connectivity index (χ0v) is 11.4. The lowest BCUT2D eigenvalue weighted by atomic mass is 10.0. The molecule has 1 unspecified atom stereocenters. The van der Waals surface area contributed by atoms with Gasteiger partial charge in [0.2, 0.25) is 0 Å². The van der Waals surface area contributed by atoms with Gasteiger partial charge in [0.25, 0.3) is 0 Å². The van der Waals surface area contributed by atoms with Crippen molar-refractivity contribution in [2.45, 2.75) is 32.4 Å². The molecule has 0 fully saturated rings. The van der Waals surface area contributed by atoms with Crippen LogP contribution in [0.15, 0.2) is 49.3 Å². The van der Waals surface area contributed by atoms with E-state index >= 15 is 0 Å². The molecular weight excluding hydrogens is 234 g/mol. The van der Waals surface area contributed by atoms with E-state index in [1.165, 1.54) is 17.5 Å². The first kappa shape index (κ1) is 13.6. The van der Waals surface area contributed by atoms with E-state index in [9.17, 15) is 0 Å². The molecule has 19 heavy (non-hydrogen) atoms. The highest BCUT2D eigenvalue weighted by molar-refractivity contribution is 5.20. The molecule has 1 aromatic heterocycles. The predicted molar refractivity (Wildman–Crippen MR) is 79.5 cm³/mol. The first-order chi connectivity index (χ1) is 9.33. The third-order valence-electron chi connectivity index (χ3n) is 3.17. The van der Waals surface area contributed by atoms with Crippen LogP contribution in [0.2, 0.25) is 0 Å². The average Bonchev–Trinajstić information content (AvgIpc) is 2.92. The zero-order chi connectivity index (χ0) is 13.5. The average molecular weight is 255 g/mol. The zero-order valence-electron chi connectivity index (χ0n) is 11.4. The van der Waals surface area contributed by atoms with Gasteiger partial charge in [0.05, 0.1) is 6.20 Å². The third-order valence-corrected chi connectivity index (χ3v) is 3.17. The molecule has 1 atom stereocenters. The highest BCUT2D eigenvalue weighted by Crippen LogP contribution is 2.18. The molecule has 1 aromatic carbocycles. The van der Waals surface area contributed by atoms with E-state index < -0.39 is 0 Å². The summed E-state index contributed by atoms with van der Waals surface area (Å²) in [5.74, 6) is 0. The van der Waals surface area contributed by atoms with Crippen LogP contribution in [0.4, 0.5) is 0 Å². The fourth-order valence-electron chi connectivity index (χ4n) is 2.17. The molecule has 100 valence electrons. The second-order valence-electron chi connectivity index (χ2n) is 4.64. The van der Waals surface area contributed by atoms with Gasteiger partial charge in [-0.3, -0.25) is 0 Å². The molecule has 0 aliphatic heterocycles. The molecule has 1 heterocycles. The molecule has 3 nitrogen and oxygen atoms in total. The van der Waals surface area contributed by atoms with Crippen LogP contribution >= 0.6 is 0 Å². The maximum atomic E-state index is 4.19. The van der Waals surface area contributed by atoms with Gasteiger partial charge in [0.15, 0.2) is 0 Å². The lowest BCUT2D eigenvalue weighted by Crippen LogP contribution is -2.20. The minimum absolute atomic E-state index is 0.401. The van der Waals surface area contributed by atoms with Crippen molar-refractivity contribution in [2.24, 2.45) is 0 Å². The van der Waals surface area contributed by atoms with Crippen LogP contribution in [0.25, 0.3) is 6.20 Å². The second kappa shape index (κ2) is 6.90. The van der Waals surface area contributed by atoms with E-state index in [1.54, 1.807) is 10.9 Å². The lowest BCUT2D eigenvalue weighted by Gasteiger charge is -2.18. The normalized spacial score (nSPS) is 12.3. The summed E-state index contributed by atoms with van der Waals surface area (Å²) in [5, 5.41) is 7.79. The first-order valence-electron chi connectivity index (χ1n) is 6.77. The molecule has 2 rings (SSSR count). The molecular formula is C16H21N3. The minimum Gasteiger partial charge on any atom is -0.306 e. The van der Waals surface area contributed by atoms with Gasteiger partial charge in [0, 0.05) is 30.5 Å². The van der Waals surface area contributed by atoms with Gasteiger partial charge in [-0.2, -0.15) is 5.10 Å². The van der Waals surface area contributed by atoms with Gasteiger partial charge in [-0.1, -0.05) is 50.3 Å². The Kier molecular flexibility index (Phi) is 4.93. The van der Waals surface area contributed by atoms with Crippen LogP contribution in [-0.2, 0) is 6.54 Å². The maximum Gasteiger partial charge on any atom is 0.0538 e. The standard InChI is InChI=1S/C16H21N3/c1-3-8-16(15-9-6-5-7-10-15)17-11-14-12-18-19(4-2)13-14/h4-7,9-10,12-13,16-17H,2-3,8,11H2,1H3. The Morgan fingerprint density at radius 2 is 2.16 bits per heavy atom. The van der Waals surface area contributed by atoms with Crippen LogP contribution in [0, 0.1) is 0 Å². The van der Waals surface area contributed by atoms with E-state index in [4.69, 9.17) is 0 Å². The summed E-state index contributed by atoms with van der Waals surface area (Å²) in [6.45, 7) is 6.74. The van der Waals surface area contributed by atoms with Gasteiger partial charge >= 0.3 is 0 Å². The molecule has 0 radical (unpaired) electrons. The SMILES string of the molecule is C=Cn1cc(CNC(CCC)c2ccccc2)cn1. The number of hydrogen-bond acceptors (Lipinski definition) is 2. The summed E-state index contributed by atoms with van der Waals surface area (Å²) < 4.78 is 1.73. The fraction of sp³-hybridized carbons (Fsp3) is 0.312. The van der Waals surface area contributed by atoms with E-state index in [-0.39, 0.29) is 0 Å². The van der Waals surface area contributed by atoms with E-state index in [0.29, 0.717) is 6.04 Å². The summed E-state index contributed by atoms with van der Waals surface area (Å²) in [7, 11) is 0. The van der Waals surface area contributed by atoms with Gasteiger partial charge in [-0.25, -0.2) is 4.68 Å². The van der Waals surface area contributed by atoms with Crippen LogP contribution in [0.1, 0.15) is 36.9 Å². The summed E-state index contributed by atoms with van der Waals surface area (Å²) in [4.78, 5) is 0. The summed E-state index contributed by atoms with van der Waals surface area (Å²) in [6, 6.07) is 11.0. The summed E-state index contributed by atoms with van der Waals surface area (Å²) in [5.41, 5.74) is 2.53. The van der Waals surface area contributed by atoms with Crippen molar-refractivity contribution in [2.75, 3.05) is 0 Å². The van der Waals surface area contributed by atoms with Gasteiger partial charge in [0.1, 0.15) is 0 Å². The Balaban J connectivity index is 1.99. The van der Waals surface area contributed by atoms with Crippen molar-refractivity contribution in [3.63, 3.8) is 0 Å². The van der Waals surface area contributed by atoms with Crippen LogP contribution in [0.5, 0.6) is 0 Å². The van der Waals surface area contributed by atoms with Crippen LogP contribution < -0.4 is 5.32 Å². The van der Waals surface area contributed by atoms with E-state index in [1.807, 2.05) is 12.4 Å². The van der Waals surface area contributed by atoms with Crippen molar-refractivity contribution in [3.8, 4) is 0 Å². The Hall–Kier alpha value is -1.87. The Morgan fingerprint density at radius 1 is 1.37 bits per heavy atom. The van der Waals surface area contributed by atoms with Crippen molar-refractivity contribution in [3.05, 3.63) is 60.4 Å². The number of hydrogen-bond donors (Lipinski definition) is 1. The smallest absolute Gasteiger partial charge is 0.0538 e. The molecule has 0 saturated heterocycles. The van der Waals surface area contributed by atoms with Gasteiger partial charge < -0.3 is 5.32 Å². The quantitative estimate of drug-likeness (QED) is 0.819. The number of nitrogens with zero attached hydrogens (tertiary/aromatic N) is 2. The molecule has 3 heteroatoms. The summed E-state index contributed by atoms with van der Waals surface area (Å²) >= 11 is 0. The highest BCUT2D eigenvalue weighted by Gasteiger charge is 2.09. The predicted octanol–water partition coefficient (Wildman–Crippen LogP) is 3.61. The third kappa shape index (κ3) is 3.80. The Morgan fingerprint density at radius 3 is 2.79 bits per heavy atom. The van der Waals surface area contributed by atoms with Crippen molar-refractivity contribution in [1.82, 2.24) is 15.1 Å². The molecule has 0 amide bonds. The molecule has 0 aliphatic carbocycles. The molecule has 1 N–H and O–H groups in total. The Bertz CT molecular complexity index is 502. The molecule has 0 bridgehead atoms. The topological polar surface area (TPSA) is 29.9 Å². The van der Waals surface area contributed by atoms with Crippen molar-refractivity contribution < 1.29 is 0 Å². The largest absolute Gasteiger partial charge is 0.306 e. The van der Waals surface area contributed by atoms with Crippen LogP contribution in [-0.4, -0.2) is 9.78 Å². The lowest BCUT2D eigenvalue weighted by molar-refractivity contribution is 0.493. The van der Waals surface area contributed by atoms with E-state index in [2.05, 4.69) is 54.2 Å². The van der Waals surface area contributed by atoms with Gasteiger partial charge in [-0.15, -0.1) is 0 Å². The van der Waals surface area contributed by atoms with Crippen molar-refractivity contribution >= 4 is 6.20 Å². The molecule has 0 aliphatic rings. The second-order valence-corrected chi connectivity index (χ2v) is 4.64. The minimum atomic E-state index is 0.401. The molecule has 0 spiro atoms. The maximum absolute atomic E-state index is 4.19. The van der Waals surface area contributed by atoms with Gasteiger partial charge in [-0.05, 0) is 12.0 Å². The number of nitrogens with one attached hydrogen (secondary N) is 1. The fourth-order valence-corrected chi connectivity index (χ4v) is 2.17. The monoisotopic (exact) mass is 255 g/mol. The van der Waals surface area contributed by atoms with Crippen molar-refractivity contribution in [1.29, 1.82) is 0 Å². The molecule has 0 saturated carbocycles. The molecule has 2 aromatic rings. The number of rotatable bonds is 7. The highest BCUT2D eigenvalue weighted by atomic mass is 15.2.